The summed E-state index contributed by atoms with van der Waals surface area (Å²) in [4.78, 5) is 0. The van der Waals surface area contributed by atoms with Crippen LogP contribution < -0.4 is 0 Å². The Kier molecular flexibility index (Phi) is 2.60. The van der Waals surface area contributed by atoms with Gasteiger partial charge in [-0.1, -0.05) is 15.9 Å². The molecular formula is C9H6Br2N2O. The van der Waals surface area contributed by atoms with Crippen molar-refractivity contribution in [2.24, 2.45) is 0 Å². The average Bonchev–Trinajstić information content (AvgIpc) is 2.48. The van der Waals surface area contributed by atoms with Crippen LogP contribution >= 0.6 is 31.9 Å². The van der Waals surface area contributed by atoms with E-state index in [9.17, 15) is 5.11 Å². The van der Waals surface area contributed by atoms with Gasteiger partial charge in [-0.15, -0.1) is 5.10 Å². The highest BCUT2D eigenvalue weighted by Gasteiger charge is 2.04. The standard InChI is InChI=1S/C9H6Br2N2O/c10-6-1-3-7(4-2-6)13-5-8(11)9(14)12-13/h1-5H,(H,12,14). The van der Waals surface area contributed by atoms with Crippen molar-refractivity contribution in [1.82, 2.24) is 9.78 Å². The Morgan fingerprint density at radius 1 is 1.14 bits per heavy atom. The summed E-state index contributed by atoms with van der Waals surface area (Å²) < 4.78 is 3.20. The average molecular weight is 318 g/mol. The van der Waals surface area contributed by atoms with E-state index in [0.29, 0.717) is 4.47 Å². The molecule has 0 atom stereocenters. The summed E-state index contributed by atoms with van der Waals surface area (Å²) in [5.41, 5.74) is 0.897. The van der Waals surface area contributed by atoms with Crippen LogP contribution in [0.2, 0.25) is 0 Å². The zero-order valence-electron chi connectivity index (χ0n) is 6.98. The first-order valence-electron chi connectivity index (χ1n) is 3.87. The molecule has 0 fully saturated rings. The third kappa shape index (κ3) is 1.83. The van der Waals surface area contributed by atoms with Crippen LogP contribution in [0, 0.1) is 0 Å². The lowest BCUT2D eigenvalue weighted by Gasteiger charge is -1.99. The molecule has 0 bridgehead atoms. The molecule has 5 heteroatoms. The number of rotatable bonds is 1. The summed E-state index contributed by atoms with van der Waals surface area (Å²) in [6.45, 7) is 0. The molecule has 0 radical (unpaired) electrons. The van der Waals surface area contributed by atoms with Gasteiger partial charge in [0.25, 0.3) is 0 Å². The largest absolute Gasteiger partial charge is 0.491 e. The maximum Gasteiger partial charge on any atom is 0.245 e. The van der Waals surface area contributed by atoms with Gasteiger partial charge in [0.1, 0.15) is 0 Å². The van der Waals surface area contributed by atoms with Gasteiger partial charge in [-0.3, -0.25) is 0 Å². The molecular weight excluding hydrogens is 312 g/mol. The lowest BCUT2D eigenvalue weighted by molar-refractivity contribution is 0.445. The molecule has 14 heavy (non-hydrogen) atoms. The molecule has 0 aliphatic heterocycles. The van der Waals surface area contributed by atoms with E-state index >= 15 is 0 Å². The number of aromatic nitrogens is 2. The smallest absolute Gasteiger partial charge is 0.245 e. The zero-order valence-corrected chi connectivity index (χ0v) is 10.2. The lowest BCUT2D eigenvalue weighted by Crippen LogP contribution is -1.92. The van der Waals surface area contributed by atoms with Gasteiger partial charge in [0.05, 0.1) is 10.2 Å². The second kappa shape index (κ2) is 3.74. The first-order chi connectivity index (χ1) is 6.66. The van der Waals surface area contributed by atoms with Gasteiger partial charge in [-0.2, -0.15) is 0 Å². The minimum absolute atomic E-state index is 0.00656. The minimum atomic E-state index is -0.00656. The third-order valence-electron chi connectivity index (χ3n) is 1.74. The van der Waals surface area contributed by atoms with Crippen LogP contribution in [0.15, 0.2) is 39.4 Å². The summed E-state index contributed by atoms with van der Waals surface area (Å²) in [6, 6.07) is 7.65. The van der Waals surface area contributed by atoms with E-state index in [1.165, 1.54) is 0 Å². The molecule has 1 aromatic heterocycles. The predicted molar refractivity (Wildman–Crippen MR) is 60.6 cm³/mol. The highest BCUT2D eigenvalue weighted by Crippen LogP contribution is 2.23. The number of halogens is 2. The quantitative estimate of drug-likeness (QED) is 0.877. The molecule has 1 N–H and O–H groups in total. The molecule has 2 rings (SSSR count). The Bertz CT molecular complexity index is 431. The Hall–Kier alpha value is -0.810. The van der Waals surface area contributed by atoms with E-state index in [4.69, 9.17) is 0 Å². The summed E-state index contributed by atoms with van der Waals surface area (Å²) in [5.74, 6) is -0.00656. The highest BCUT2D eigenvalue weighted by atomic mass is 79.9. The van der Waals surface area contributed by atoms with Crippen LogP contribution in [-0.2, 0) is 0 Å². The molecule has 1 heterocycles. The van der Waals surface area contributed by atoms with Crippen LogP contribution in [0.4, 0.5) is 0 Å². The molecule has 0 spiro atoms. The van der Waals surface area contributed by atoms with E-state index < -0.39 is 0 Å². The van der Waals surface area contributed by atoms with Gasteiger partial charge in [0.2, 0.25) is 5.88 Å². The summed E-state index contributed by atoms with van der Waals surface area (Å²) in [5, 5.41) is 13.2. The van der Waals surface area contributed by atoms with Crippen LogP contribution in [0.5, 0.6) is 5.88 Å². The van der Waals surface area contributed by atoms with Crippen molar-refractivity contribution in [3.63, 3.8) is 0 Å². The van der Waals surface area contributed by atoms with E-state index in [2.05, 4.69) is 37.0 Å². The van der Waals surface area contributed by atoms with Gasteiger partial charge in [0.15, 0.2) is 0 Å². The molecule has 1 aromatic carbocycles. The highest BCUT2D eigenvalue weighted by molar-refractivity contribution is 9.10. The summed E-state index contributed by atoms with van der Waals surface area (Å²) in [6.07, 6.45) is 1.71. The zero-order chi connectivity index (χ0) is 10.1. The van der Waals surface area contributed by atoms with Crippen LogP contribution in [-0.4, -0.2) is 14.9 Å². The minimum Gasteiger partial charge on any atom is -0.491 e. The maximum atomic E-state index is 9.27. The first-order valence-corrected chi connectivity index (χ1v) is 5.45. The van der Waals surface area contributed by atoms with Gasteiger partial charge in [-0.05, 0) is 40.2 Å². The van der Waals surface area contributed by atoms with Crippen molar-refractivity contribution in [1.29, 1.82) is 0 Å². The van der Waals surface area contributed by atoms with Gasteiger partial charge >= 0.3 is 0 Å². The Labute approximate surface area is 97.6 Å². The molecule has 0 saturated heterocycles. The third-order valence-corrected chi connectivity index (χ3v) is 2.83. The van der Waals surface area contributed by atoms with E-state index in [0.717, 1.165) is 10.2 Å². The van der Waals surface area contributed by atoms with Gasteiger partial charge in [0, 0.05) is 10.7 Å². The lowest BCUT2D eigenvalue weighted by atomic mass is 10.3. The van der Waals surface area contributed by atoms with E-state index in [-0.39, 0.29) is 5.88 Å². The predicted octanol–water partition coefficient (Wildman–Crippen LogP) is 3.10. The monoisotopic (exact) mass is 316 g/mol. The fraction of sp³-hybridized carbons (Fsp3) is 0. The van der Waals surface area contributed by atoms with Crippen molar-refractivity contribution in [3.05, 3.63) is 39.4 Å². The number of aromatic hydroxyl groups is 1. The molecule has 0 aliphatic carbocycles. The number of hydrogen-bond acceptors (Lipinski definition) is 2. The van der Waals surface area contributed by atoms with Crippen molar-refractivity contribution < 1.29 is 5.11 Å². The number of nitrogens with zero attached hydrogens (tertiary/aromatic N) is 2. The van der Waals surface area contributed by atoms with Gasteiger partial charge < -0.3 is 5.11 Å². The summed E-state index contributed by atoms with van der Waals surface area (Å²) in [7, 11) is 0. The molecule has 0 amide bonds. The molecule has 72 valence electrons. The molecule has 0 saturated carbocycles. The Balaban J connectivity index is 2.44. The second-order valence-corrected chi connectivity index (χ2v) is 4.49. The van der Waals surface area contributed by atoms with Crippen molar-refractivity contribution in [3.8, 4) is 11.6 Å². The number of hydrogen-bond donors (Lipinski definition) is 1. The van der Waals surface area contributed by atoms with E-state index in [1.807, 2.05) is 24.3 Å². The number of benzene rings is 1. The van der Waals surface area contributed by atoms with Crippen molar-refractivity contribution in [2.45, 2.75) is 0 Å². The normalized spacial score (nSPS) is 10.4. The first kappa shape index (κ1) is 9.73. The van der Waals surface area contributed by atoms with Gasteiger partial charge in [-0.25, -0.2) is 4.68 Å². The second-order valence-electron chi connectivity index (χ2n) is 2.72. The van der Waals surface area contributed by atoms with Crippen LogP contribution in [0.1, 0.15) is 0 Å². The molecule has 0 unspecified atom stereocenters. The fourth-order valence-corrected chi connectivity index (χ4v) is 1.61. The van der Waals surface area contributed by atoms with Crippen molar-refractivity contribution in [2.75, 3.05) is 0 Å². The topological polar surface area (TPSA) is 38.1 Å². The van der Waals surface area contributed by atoms with Crippen LogP contribution in [0.3, 0.4) is 0 Å². The molecule has 2 aromatic rings. The van der Waals surface area contributed by atoms with Crippen LogP contribution in [0.25, 0.3) is 5.69 Å². The molecule has 3 nitrogen and oxygen atoms in total. The maximum absolute atomic E-state index is 9.27. The SMILES string of the molecule is Oc1nn(-c2ccc(Br)cc2)cc1Br. The summed E-state index contributed by atoms with van der Waals surface area (Å²) >= 11 is 6.53. The van der Waals surface area contributed by atoms with Crippen molar-refractivity contribution >= 4 is 31.9 Å². The Morgan fingerprint density at radius 2 is 1.79 bits per heavy atom. The van der Waals surface area contributed by atoms with E-state index in [1.54, 1.807) is 10.9 Å². The Morgan fingerprint density at radius 3 is 2.29 bits per heavy atom. The molecule has 0 aliphatic rings. The fourth-order valence-electron chi connectivity index (χ4n) is 1.07.